The Bertz CT molecular complexity index is 1900. The fourth-order valence-corrected chi connectivity index (χ4v) is 5.84. The Morgan fingerprint density at radius 2 is 1.45 bits per heavy atom. The molecule has 7 rings (SSSR count). The molecule has 0 amide bonds. The average Bonchev–Trinajstić information content (AvgIpc) is 3.40. The van der Waals surface area contributed by atoms with Gasteiger partial charge in [0.25, 0.3) is 0 Å². The van der Waals surface area contributed by atoms with Crippen LogP contribution in [-0.2, 0) is 20.1 Å². The van der Waals surface area contributed by atoms with Gasteiger partial charge in [0.15, 0.2) is 0 Å². The van der Waals surface area contributed by atoms with Gasteiger partial charge in [-0.25, -0.2) is 0 Å². The van der Waals surface area contributed by atoms with Gasteiger partial charge in [-0.05, 0) is 45.9 Å². The first-order valence-corrected chi connectivity index (χ1v) is 17.2. The third-order valence-electron chi connectivity index (χ3n) is 7.07. The second-order valence-electron chi connectivity index (χ2n) is 10.9. The zero-order valence-electron chi connectivity index (χ0n) is 23.8. The topological polar surface area (TPSA) is 38.9 Å². The van der Waals surface area contributed by atoms with Crippen molar-refractivity contribution in [2.75, 3.05) is 0 Å². The van der Waals surface area contributed by atoms with Crippen molar-refractivity contribution in [3.8, 4) is 33.6 Å². The number of hydrogen-bond donors (Lipinski definition) is 0. The maximum absolute atomic E-state index is 6.16. The van der Waals surface area contributed by atoms with E-state index >= 15 is 0 Å². The number of rotatable bonds is 4. The number of fused-ring (bicyclic) bond motifs is 3. The molecule has 0 N–H and O–H groups in total. The molecule has 0 aliphatic rings. The van der Waals surface area contributed by atoms with E-state index in [1.807, 2.05) is 66.9 Å². The zero-order chi connectivity index (χ0) is 28.2. The molecule has 3 heterocycles. The van der Waals surface area contributed by atoms with Crippen molar-refractivity contribution in [3.05, 3.63) is 140 Å². The molecule has 0 saturated carbocycles. The largest absolute Gasteiger partial charge is 0.501 e. The van der Waals surface area contributed by atoms with Gasteiger partial charge in [0.1, 0.15) is 5.58 Å². The number of aromatic nitrogens is 2. The van der Waals surface area contributed by atoms with E-state index in [1.165, 1.54) is 16.3 Å². The third kappa shape index (κ3) is 6.34. The standard InChI is InChI=1S/C23H14NO.C14H16NSi.Ir/c1-2-7-16(8-3-1)17-12-13-22-20(15-17)18-9-6-10-19(23(18)25-22)21-11-4-5-14-24-21;1-16(2,3)13-9-10-14(15-11-13)12-7-5-4-6-8-12;/h1-9,11-15H;4-7,9-11H,1-3H3;/q2*-1;. The molecule has 3 aromatic heterocycles. The Morgan fingerprint density at radius 1 is 0.643 bits per heavy atom. The van der Waals surface area contributed by atoms with Crippen LogP contribution in [0.4, 0.5) is 0 Å². The van der Waals surface area contributed by atoms with Crippen molar-refractivity contribution >= 4 is 35.2 Å². The first-order valence-electron chi connectivity index (χ1n) is 13.7. The number of hydrogen-bond acceptors (Lipinski definition) is 3. The Morgan fingerprint density at radius 3 is 2.14 bits per heavy atom. The van der Waals surface area contributed by atoms with Crippen molar-refractivity contribution < 1.29 is 24.5 Å². The van der Waals surface area contributed by atoms with Gasteiger partial charge in [-0.3, -0.25) is 0 Å². The predicted molar refractivity (Wildman–Crippen MR) is 173 cm³/mol. The first kappa shape index (κ1) is 29.3. The van der Waals surface area contributed by atoms with E-state index in [1.54, 1.807) is 6.20 Å². The molecule has 209 valence electrons. The summed E-state index contributed by atoms with van der Waals surface area (Å²) in [6.07, 6.45) is 3.81. The van der Waals surface area contributed by atoms with Crippen molar-refractivity contribution in [2.45, 2.75) is 19.6 Å². The molecule has 0 aliphatic heterocycles. The number of furan rings is 1. The Labute approximate surface area is 261 Å². The van der Waals surface area contributed by atoms with Crippen molar-refractivity contribution in [2.24, 2.45) is 0 Å². The van der Waals surface area contributed by atoms with E-state index in [0.29, 0.717) is 0 Å². The third-order valence-corrected chi connectivity index (χ3v) is 9.10. The molecule has 42 heavy (non-hydrogen) atoms. The van der Waals surface area contributed by atoms with Crippen LogP contribution in [0.5, 0.6) is 0 Å². The molecule has 0 atom stereocenters. The van der Waals surface area contributed by atoms with Crippen LogP contribution in [0.25, 0.3) is 55.6 Å². The van der Waals surface area contributed by atoms with Crippen molar-refractivity contribution in [1.29, 1.82) is 0 Å². The fourth-order valence-electron chi connectivity index (χ4n) is 4.80. The summed E-state index contributed by atoms with van der Waals surface area (Å²) in [5, 5.41) is 3.60. The van der Waals surface area contributed by atoms with E-state index in [0.717, 1.165) is 44.5 Å². The predicted octanol–water partition coefficient (Wildman–Crippen LogP) is 9.21. The quantitative estimate of drug-likeness (QED) is 0.134. The molecular weight excluding hydrogens is 709 g/mol. The minimum absolute atomic E-state index is 0. The average molecular weight is 739 g/mol. The second-order valence-corrected chi connectivity index (χ2v) is 16.0. The van der Waals surface area contributed by atoms with E-state index in [9.17, 15) is 0 Å². The molecule has 7 aromatic rings. The summed E-state index contributed by atoms with van der Waals surface area (Å²) in [4.78, 5) is 8.96. The zero-order valence-corrected chi connectivity index (χ0v) is 27.2. The molecule has 4 aromatic carbocycles. The number of nitrogens with zero attached hydrogens (tertiary/aromatic N) is 2. The molecular formula is C37H30IrN2OSi-2. The van der Waals surface area contributed by atoms with Gasteiger partial charge >= 0.3 is 0 Å². The van der Waals surface area contributed by atoms with E-state index in [2.05, 4.69) is 96.3 Å². The molecule has 0 fully saturated rings. The maximum Gasteiger partial charge on any atom is 0.120 e. The molecule has 3 nitrogen and oxygen atoms in total. The minimum atomic E-state index is -1.23. The molecule has 0 spiro atoms. The monoisotopic (exact) mass is 739 g/mol. The minimum Gasteiger partial charge on any atom is -0.501 e. The van der Waals surface area contributed by atoms with Crippen LogP contribution >= 0.6 is 0 Å². The number of benzene rings is 4. The number of pyridine rings is 2. The Balaban J connectivity index is 0.000000181. The summed E-state index contributed by atoms with van der Waals surface area (Å²) >= 11 is 0. The summed E-state index contributed by atoms with van der Waals surface area (Å²) in [5.41, 5.74) is 7.93. The van der Waals surface area contributed by atoms with Crippen molar-refractivity contribution in [3.63, 3.8) is 0 Å². The van der Waals surface area contributed by atoms with Crippen LogP contribution in [0, 0.1) is 12.1 Å². The van der Waals surface area contributed by atoms with Crippen LogP contribution in [-0.4, -0.2) is 18.0 Å². The van der Waals surface area contributed by atoms with Gasteiger partial charge < -0.3 is 14.4 Å². The van der Waals surface area contributed by atoms with Crippen LogP contribution in [0.2, 0.25) is 19.6 Å². The normalized spacial score (nSPS) is 11.0. The van der Waals surface area contributed by atoms with Gasteiger partial charge in [0.05, 0.1) is 13.7 Å². The van der Waals surface area contributed by atoms with Crippen molar-refractivity contribution in [1.82, 2.24) is 9.97 Å². The summed E-state index contributed by atoms with van der Waals surface area (Å²) in [7, 11) is -1.23. The molecule has 0 bridgehead atoms. The van der Waals surface area contributed by atoms with Crippen LogP contribution in [0.1, 0.15) is 0 Å². The fraction of sp³-hybridized carbons (Fsp3) is 0.0811. The maximum atomic E-state index is 6.16. The summed E-state index contributed by atoms with van der Waals surface area (Å²) in [6.45, 7) is 7.00. The van der Waals surface area contributed by atoms with Gasteiger partial charge in [-0.1, -0.05) is 91.3 Å². The first-order chi connectivity index (χ1) is 20.0. The molecule has 0 aliphatic carbocycles. The second kappa shape index (κ2) is 12.8. The summed E-state index contributed by atoms with van der Waals surface area (Å²) in [5.74, 6) is 0. The smallest absolute Gasteiger partial charge is 0.120 e. The van der Waals surface area contributed by atoms with E-state index in [4.69, 9.17) is 4.42 Å². The summed E-state index contributed by atoms with van der Waals surface area (Å²) < 4.78 is 6.16. The molecule has 0 unspecified atom stereocenters. The van der Waals surface area contributed by atoms with Gasteiger partial charge in [-0.2, -0.15) is 0 Å². The van der Waals surface area contributed by atoms with E-state index < -0.39 is 8.07 Å². The van der Waals surface area contributed by atoms with Crippen LogP contribution < -0.4 is 5.19 Å². The Hall–Kier alpha value is -4.15. The molecule has 0 saturated heterocycles. The van der Waals surface area contributed by atoms with E-state index in [-0.39, 0.29) is 20.1 Å². The van der Waals surface area contributed by atoms with Gasteiger partial charge in [0.2, 0.25) is 0 Å². The SMILES string of the molecule is C[Si](C)(C)c1ccc(-c2[c-]cccc2)nc1.[Ir].[c-]1ccc2c(oc3ccc(-c4ccccc4)cc32)c1-c1ccccn1. The van der Waals surface area contributed by atoms with Gasteiger partial charge in [0, 0.05) is 37.9 Å². The van der Waals surface area contributed by atoms with Crippen LogP contribution in [0.3, 0.4) is 0 Å². The molecule has 5 heteroatoms. The molecule has 1 radical (unpaired) electrons. The van der Waals surface area contributed by atoms with Gasteiger partial charge in [-0.15, -0.1) is 54.1 Å². The Kier molecular flexibility index (Phi) is 8.93. The summed E-state index contributed by atoms with van der Waals surface area (Å²) in [6, 6.07) is 45.3. The van der Waals surface area contributed by atoms with Crippen LogP contribution in [0.15, 0.2) is 132 Å².